The largest absolute Gasteiger partial charge is 0.467 e. The van der Waals surface area contributed by atoms with Crippen LogP contribution in [-0.2, 0) is 68.2 Å². The number of likely N-dealkylation sites (N-methyl/N-ethyl adjacent to an activating group) is 1. The summed E-state index contributed by atoms with van der Waals surface area (Å²) in [5, 5.41) is 2.66. The number of carbonyl (C=O) groups is 6. The third-order valence-corrected chi connectivity index (χ3v) is 12.7. The van der Waals surface area contributed by atoms with Gasteiger partial charge in [-0.05, 0) is 35.8 Å². The van der Waals surface area contributed by atoms with Crippen molar-refractivity contribution in [3.05, 3.63) is 23.8 Å². The van der Waals surface area contributed by atoms with E-state index in [1.807, 2.05) is 0 Å². The lowest BCUT2D eigenvalue weighted by molar-refractivity contribution is -0.282. The van der Waals surface area contributed by atoms with Crippen LogP contribution < -0.4 is 10.1 Å². The molecule has 1 N–H and O–H groups in total. The molecule has 1 aromatic carbocycles. The molecule has 0 radical (unpaired) electrons. The number of carbonyl (C=O) groups excluding carboxylic acids is 6. The molecule has 0 spiro atoms. The van der Waals surface area contributed by atoms with Gasteiger partial charge in [-0.25, -0.2) is 4.79 Å². The molecule has 1 saturated heterocycles. The SMILES string of the molecule is C#CCOCCC(=O)N(C)CC(=O)Nc1cc(CO[Si](C)(C)C(C)(C)C)ccc1O[C@@H]1OC(C(=O)OC)[C@@H](OC(C)=O)[C@H](OC(C)=O)C1OC(C)=O. The Kier molecular flexibility index (Phi) is 16.3. The molecule has 0 saturated carbocycles. The smallest absolute Gasteiger partial charge is 0.339 e. The molecule has 1 heterocycles. The number of benzene rings is 1. The van der Waals surface area contributed by atoms with Crippen molar-refractivity contribution < 1.29 is 66.4 Å². The van der Waals surface area contributed by atoms with Crippen molar-refractivity contribution in [3.8, 4) is 18.1 Å². The van der Waals surface area contributed by atoms with E-state index in [-0.39, 0.29) is 55.2 Å². The number of terminal acetylenes is 1. The Balaban J connectivity index is 2.56. The summed E-state index contributed by atoms with van der Waals surface area (Å²) < 4.78 is 44.7. The van der Waals surface area contributed by atoms with Crippen LogP contribution in [-0.4, -0.2) is 114 Å². The van der Waals surface area contributed by atoms with Gasteiger partial charge in [-0.3, -0.25) is 24.0 Å². The van der Waals surface area contributed by atoms with Crippen molar-refractivity contribution in [2.45, 2.75) is 103 Å². The molecule has 2 unspecified atom stereocenters. The van der Waals surface area contributed by atoms with E-state index < -0.39 is 68.8 Å². The van der Waals surface area contributed by atoms with Gasteiger partial charge < -0.3 is 47.8 Å². The van der Waals surface area contributed by atoms with Crippen molar-refractivity contribution in [2.75, 3.05) is 39.2 Å². The minimum Gasteiger partial charge on any atom is -0.467 e. The van der Waals surface area contributed by atoms with Crippen molar-refractivity contribution in [1.82, 2.24) is 4.90 Å². The Morgan fingerprint density at radius 3 is 2.12 bits per heavy atom. The standard InChI is InChI=1S/C35H50N2O14Si/c1-12-16-45-17-15-28(42)37(8)19-27(41)36-25-18-24(20-46-52(10,11)35(5,6)7)13-14-26(25)50-34-32(49-23(4)40)30(48-22(3)39)29(47-21(2)38)31(51-34)33(43)44-9/h1,13-14,18,29-32,34H,15-17,19-20H2,2-11H3,(H,36,41)/t29-,30-,31?,32?,34+/m0/s1. The van der Waals surface area contributed by atoms with Crippen LogP contribution >= 0.6 is 0 Å². The second-order valence-corrected chi connectivity index (χ2v) is 18.3. The van der Waals surface area contributed by atoms with Gasteiger partial charge in [0.2, 0.25) is 24.2 Å². The highest BCUT2D eigenvalue weighted by atomic mass is 28.4. The van der Waals surface area contributed by atoms with Gasteiger partial charge in [-0.2, -0.15) is 0 Å². The fourth-order valence-electron chi connectivity index (χ4n) is 4.62. The fraction of sp³-hybridized carbons (Fsp3) is 0.600. The highest BCUT2D eigenvalue weighted by Gasteiger charge is 2.56. The summed E-state index contributed by atoms with van der Waals surface area (Å²) in [6.45, 7) is 13.6. The van der Waals surface area contributed by atoms with Crippen LogP contribution in [0.1, 0.15) is 53.5 Å². The number of hydrogen-bond donors (Lipinski definition) is 1. The van der Waals surface area contributed by atoms with Crippen LogP contribution in [0.4, 0.5) is 5.69 Å². The van der Waals surface area contributed by atoms with E-state index in [1.54, 1.807) is 12.1 Å². The van der Waals surface area contributed by atoms with Gasteiger partial charge in [0.05, 0.1) is 39.0 Å². The molecule has 2 amide bonds. The maximum absolute atomic E-state index is 13.3. The maximum Gasteiger partial charge on any atom is 0.339 e. The van der Waals surface area contributed by atoms with E-state index in [0.717, 1.165) is 27.9 Å². The molecule has 17 heteroatoms. The maximum atomic E-state index is 13.3. The summed E-state index contributed by atoms with van der Waals surface area (Å²) in [4.78, 5) is 76.6. The first-order valence-electron chi connectivity index (χ1n) is 16.4. The number of hydrogen-bond acceptors (Lipinski definition) is 14. The van der Waals surface area contributed by atoms with E-state index in [2.05, 4.69) is 45.1 Å². The van der Waals surface area contributed by atoms with Gasteiger partial charge in [-0.1, -0.05) is 32.8 Å². The first-order chi connectivity index (χ1) is 24.2. The molecule has 1 aliphatic heterocycles. The Morgan fingerprint density at radius 1 is 0.962 bits per heavy atom. The Morgan fingerprint density at radius 2 is 1.56 bits per heavy atom. The van der Waals surface area contributed by atoms with Crippen LogP contribution in [0.2, 0.25) is 18.1 Å². The number of ether oxygens (including phenoxy) is 7. The average molecular weight is 751 g/mol. The molecule has 1 aromatic rings. The molecule has 0 aliphatic carbocycles. The summed E-state index contributed by atoms with van der Waals surface area (Å²) in [6.07, 6.45) is -3.00. The van der Waals surface area contributed by atoms with Crippen molar-refractivity contribution in [1.29, 1.82) is 0 Å². The molecule has 52 heavy (non-hydrogen) atoms. The lowest BCUT2D eigenvalue weighted by Crippen LogP contribution is -2.64. The average Bonchev–Trinajstić information content (AvgIpc) is 3.03. The number of anilines is 1. The monoisotopic (exact) mass is 750 g/mol. The molecule has 1 aliphatic rings. The van der Waals surface area contributed by atoms with E-state index >= 15 is 0 Å². The Labute approximate surface area is 305 Å². The second kappa shape index (κ2) is 19.4. The zero-order chi connectivity index (χ0) is 39.4. The number of amides is 2. The fourth-order valence-corrected chi connectivity index (χ4v) is 5.58. The first-order valence-corrected chi connectivity index (χ1v) is 19.3. The van der Waals surface area contributed by atoms with Gasteiger partial charge >= 0.3 is 23.9 Å². The summed E-state index contributed by atoms with van der Waals surface area (Å²) >= 11 is 0. The summed E-state index contributed by atoms with van der Waals surface area (Å²) in [6, 6.07) is 4.77. The third kappa shape index (κ3) is 12.9. The molecular formula is C35H50N2O14Si. The minimum atomic E-state index is -2.20. The van der Waals surface area contributed by atoms with Crippen LogP contribution in [0.15, 0.2) is 18.2 Å². The van der Waals surface area contributed by atoms with E-state index in [9.17, 15) is 28.8 Å². The minimum absolute atomic E-state index is 0.00412. The lowest BCUT2D eigenvalue weighted by Gasteiger charge is -2.43. The molecule has 5 atom stereocenters. The van der Waals surface area contributed by atoms with Gasteiger partial charge in [0, 0.05) is 27.8 Å². The third-order valence-electron chi connectivity index (χ3n) is 8.25. The van der Waals surface area contributed by atoms with Gasteiger partial charge in [-0.15, -0.1) is 6.42 Å². The van der Waals surface area contributed by atoms with Crippen LogP contribution in [0, 0.1) is 12.3 Å². The number of rotatable bonds is 16. The predicted octanol–water partition coefficient (Wildman–Crippen LogP) is 2.72. The predicted molar refractivity (Wildman–Crippen MR) is 187 cm³/mol. The quantitative estimate of drug-likeness (QED) is 0.0853. The molecule has 0 bridgehead atoms. The molecule has 2 rings (SSSR count). The first kappa shape index (κ1) is 43.7. The van der Waals surface area contributed by atoms with Gasteiger partial charge in [0.25, 0.3) is 0 Å². The molecule has 16 nitrogen and oxygen atoms in total. The second-order valence-electron chi connectivity index (χ2n) is 13.5. The van der Waals surface area contributed by atoms with Crippen molar-refractivity contribution in [3.63, 3.8) is 0 Å². The number of methoxy groups -OCH3 is 1. The number of nitrogens with one attached hydrogen (secondary N) is 1. The molecule has 288 valence electrons. The zero-order valence-electron chi connectivity index (χ0n) is 31.4. The highest BCUT2D eigenvalue weighted by Crippen LogP contribution is 2.38. The topological polar surface area (TPSA) is 192 Å². The number of esters is 4. The van der Waals surface area contributed by atoms with Gasteiger partial charge in [0.1, 0.15) is 12.4 Å². The highest BCUT2D eigenvalue weighted by molar-refractivity contribution is 6.74. The van der Waals surface area contributed by atoms with E-state index in [1.165, 1.54) is 18.0 Å². The molecular weight excluding hydrogens is 700 g/mol. The summed E-state index contributed by atoms with van der Waals surface area (Å²) in [7, 11) is 0.318. The van der Waals surface area contributed by atoms with E-state index in [0.29, 0.717) is 5.56 Å². The molecule has 0 aromatic heterocycles. The van der Waals surface area contributed by atoms with Crippen LogP contribution in [0.5, 0.6) is 5.75 Å². The molecule has 1 fully saturated rings. The van der Waals surface area contributed by atoms with Crippen LogP contribution in [0.25, 0.3) is 0 Å². The zero-order valence-corrected chi connectivity index (χ0v) is 32.4. The van der Waals surface area contributed by atoms with E-state index in [4.69, 9.17) is 44.0 Å². The Bertz CT molecular complexity index is 1500. The normalized spacial score (nSPS) is 20.1. The summed E-state index contributed by atoms with van der Waals surface area (Å²) in [5.74, 6) is -2.26. The van der Waals surface area contributed by atoms with Crippen molar-refractivity contribution in [2.24, 2.45) is 0 Å². The lowest BCUT2D eigenvalue weighted by atomic mass is 9.97. The van der Waals surface area contributed by atoms with Crippen molar-refractivity contribution >= 4 is 49.7 Å². The summed E-state index contributed by atoms with van der Waals surface area (Å²) in [5.41, 5.74) is 0.759. The van der Waals surface area contributed by atoms with Crippen LogP contribution in [0.3, 0.4) is 0 Å². The number of nitrogens with zero attached hydrogens (tertiary/aromatic N) is 1. The Hall–Kier alpha value is -4.50. The van der Waals surface area contributed by atoms with Gasteiger partial charge in [0.15, 0.2) is 26.6 Å².